The molecule has 0 aliphatic carbocycles. The normalized spacial score (nSPS) is 12.2. The van der Waals surface area contributed by atoms with Crippen LogP contribution in [-0.2, 0) is 13.6 Å². The fourth-order valence-corrected chi connectivity index (χ4v) is 2.80. The van der Waals surface area contributed by atoms with Gasteiger partial charge in [0.15, 0.2) is 11.8 Å². The van der Waals surface area contributed by atoms with Crippen molar-refractivity contribution in [1.29, 1.82) is 0 Å². The highest BCUT2D eigenvalue weighted by atomic mass is 127. The van der Waals surface area contributed by atoms with Crippen LogP contribution in [0.15, 0.2) is 29.3 Å². The molecule has 0 saturated carbocycles. The van der Waals surface area contributed by atoms with E-state index in [-0.39, 0.29) is 35.9 Å². The lowest BCUT2D eigenvalue weighted by atomic mass is 10.3. The molecule has 0 spiro atoms. The Morgan fingerprint density at radius 2 is 2.00 bits per heavy atom. The molecule has 29 heavy (non-hydrogen) atoms. The highest BCUT2D eigenvalue weighted by Crippen LogP contribution is 2.12. The zero-order chi connectivity index (χ0) is 20.4. The first-order valence-corrected chi connectivity index (χ1v) is 10.7. The molecule has 10 heteroatoms. The molecule has 162 valence electrons. The molecular formula is C19H30FIN6OS. The Balaban J connectivity index is 0.00000420. The third-order valence-corrected chi connectivity index (χ3v) is 4.78. The summed E-state index contributed by atoms with van der Waals surface area (Å²) in [5, 5.41) is 14.8. The van der Waals surface area contributed by atoms with Crippen molar-refractivity contribution in [3.05, 3.63) is 41.7 Å². The largest absolute Gasteiger partial charge is 0.489 e. The number of hydrogen-bond donors (Lipinski definition) is 2. The fraction of sp³-hybridized carbons (Fsp3) is 0.526. The van der Waals surface area contributed by atoms with Crippen molar-refractivity contribution in [2.75, 3.05) is 25.1 Å². The summed E-state index contributed by atoms with van der Waals surface area (Å²) in [6.45, 7) is 5.69. The first kappa shape index (κ1) is 25.5. The van der Waals surface area contributed by atoms with Gasteiger partial charge in [-0.2, -0.15) is 11.8 Å². The van der Waals surface area contributed by atoms with Crippen LogP contribution >= 0.6 is 35.7 Å². The number of aliphatic imine (C=N–C) groups is 1. The van der Waals surface area contributed by atoms with Crippen LogP contribution in [0.3, 0.4) is 0 Å². The number of aryl methyl sites for hydroxylation is 1. The highest BCUT2D eigenvalue weighted by Gasteiger charge is 2.08. The average Bonchev–Trinajstić information content (AvgIpc) is 3.00. The maximum Gasteiger partial charge on any atom is 0.191 e. The molecule has 0 saturated heterocycles. The van der Waals surface area contributed by atoms with E-state index < -0.39 is 0 Å². The van der Waals surface area contributed by atoms with Crippen molar-refractivity contribution in [3.63, 3.8) is 0 Å². The topological polar surface area (TPSA) is 76.4 Å². The molecule has 0 bridgehead atoms. The predicted octanol–water partition coefficient (Wildman–Crippen LogP) is 3.14. The van der Waals surface area contributed by atoms with Gasteiger partial charge in [0.2, 0.25) is 0 Å². The maximum absolute atomic E-state index is 13.0. The van der Waals surface area contributed by atoms with Gasteiger partial charge in [-0.25, -0.2) is 9.38 Å². The summed E-state index contributed by atoms with van der Waals surface area (Å²) < 4.78 is 20.7. The van der Waals surface area contributed by atoms with E-state index >= 15 is 0 Å². The monoisotopic (exact) mass is 536 g/mol. The molecule has 1 aromatic heterocycles. The molecule has 1 unspecified atom stereocenters. The molecule has 1 heterocycles. The molecule has 0 aliphatic heterocycles. The van der Waals surface area contributed by atoms with Gasteiger partial charge in [-0.05, 0) is 56.5 Å². The van der Waals surface area contributed by atoms with Gasteiger partial charge < -0.3 is 19.9 Å². The summed E-state index contributed by atoms with van der Waals surface area (Å²) in [7, 11) is 1.93. The van der Waals surface area contributed by atoms with Crippen LogP contribution < -0.4 is 15.4 Å². The van der Waals surface area contributed by atoms with Gasteiger partial charge in [-0.1, -0.05) is 0 Å². The van der Waals surface area contributed by atoms with Crippen LogP contribution in [0.2, 0.25) is 0 Å². The van der Waals surface area contributed by atoms with Gasteiger partial charge in [-0.3, -0.25) is 0 Å². The van der Waals surface area contributed by atoms with Crippen molar-refractivity contribution < 1.29 is 9.13 Å². The lowest BCUT2D eigenvalue weighted by molar-refractivity contribution is 0.223. The second-order valence-electron chi connectivity index (χ2n) is 6.42. The van der Waals surface area contributed by atoms with Gasteiger partial charge in [0.05, 0.1) is 6.54 Å². The van der Waals surface area contributed by atoms with Gasteiger partial charge in [0.25, 0.3) is 0 Å². The average molecular weight is 536 g/mol. The Hall–Kier alpha value is -1.56. The van der Waals surface area contributed by atoms with Crippen molar-refractivity contribution >= 4 is 41.7 Å². The quantitative estimate of drug-likeness (QED) is 0.210. The summed E-state index contributed by atoms with van der Waals surface area (Å²) in [6, 6.07) is 6.02. The van der Waals surface area contributed by atoms with E-state index in [9.17, 15) is 4.39 Å². The number of thioether (sulfide) groups is 1. The van der Waals surface area contributed by atoms with E-state index in [1.165, 1.54) is 12.1 Å². The van der Waals surface area contributed by atoms with Crippen LogP contribution in [0.25, 0.3) is 0 Å². The Morgan fingerprint density at radius 1 is 1.28 bits per heavy atom. The molecular weight excluding hydrogens is 506 g/mol. The van der Waals surface area contributed by atoms with E-state index in [0.717, 1.165) is 30.4 Å². The van der Waals surface area contributed by atoms with E-state index in [1.54, 1.807) is 12.1 Å². The molecule has 2 N–H and O–H groups in total. The van der Waals surface area contributed by atoms with Crippen LogP contribution in [0.5, 0.6) is 5.75 Å². The predicted molar refractivity (Wildman–Crippen MR) is 128 cm³/mol. The van der Waals surface area contributed by atoms with Gasteiger partial charge in [0, 0.05) is 13.6 Å². The number of halogens is 2. The van der Waals surface area contributed by atoms with Gasteiger partial charge >= 0.3 is 0 Å². The number of aromatic nitrogens is 3. The number of hydrogen-bond acceptors (Lipinski definition) is 5. The van der Waals surface area contributed by atoms with E-state index in [4.69, 9.17) is 4.74 Å². The summed E-state index contributed by atoms with van der Waals surface area (Å²) >= 11 is 1.82. The molecule has 2 aromatic rings. The van der Waals surface area contributed by atoms with Crippen molar-refractivity contribution in [1.82, 2.24) is 25.4 Å². The summed E-state index contributed by atoms with van der Waals surface area (Å²) in [5.41, 5.74) is 0. The first-order valence-electron chi connectivity index (χ1n) is 9.27. The summed E-state index contributed by atoms with van der Waals surface area (Å²) in [5.74, 6) is 3.81. The van der Waals surface area contributed by atoms with Gasteiger partial charge in [0.1, 0.15) is 30.0 Å². The van der Waals surface area contributed by atoms with Crippen LogP contribution in [0.4, 0.5) is 4.39 Å². The standard InChI is InChI=1S/C19H29FN6OS.HI/c1-14(27-17-8-6-16(20)7-9-17)12-22-19(21-10-5-11-28-4)23-13-18-25-24-15(2)26(18)3;/h6-9,14H,5,10-13H2,1-4H3,(H2,21,22,23);1H. The summed E-state index contributed by atoms with van der Waals surface area (Å²) in [4.78, 5) is 4.62. The minimum absolute atomic E-state index is 0. The zero-order valence-corrected chi connectivity index (χ0v) is 20.5. The molecule has 0 amide bonds. The van der Waals surface area contributed by atoms with Crippen molar-refractivity contribution in [3.8, 4) is 5.75 Å². The fourth-order valence-electron chi connectivity index (χ4n) is 2.36. The SMILES string of the molecule is CSCCCNC(=NCc1nnc(C)n1C)NCC(C)Oc1ccc(F)cc1.I. The molecule has 1 aromatic carbocycles. The number of ether oxygens (including phenoxy) is 1. The number of benzene rings is 1. The molecule has 0 aliphatic rings. The van der Waals surface area contributed by atoms with Crippen LogP contribution in [0.1, 0.15) is 25.0 Å². The first-order chi connectivity index (χ1) is 13.5. The molecule has 1 atom stereocenters. The minimum atomic E-state index is -0.277. The lowest BCUT2D eigenvalue weighted by Gasteiger charge is -2.18. The Labute approximate surface area is 193 Å². The van der Waals surface area contributed by atoms with Crippen LogP contribution in [0, 0.1) is 12.7 Å². The minimum Gasteiger partial charge on any atom is -0.489 e. The lowest BCUT2D eigenvalue weighted by Crippen LogP contribution is -2.42. The number of nitrogens with one attached hydrogen (secondary N) is 2. The third kappa shape index (κ3) is 9.20. The summed E-state index contributed by atoms with van der Waals surface area (Å²) in [6.07, 6.45) is 3.03. The Morgan fingerprint density at radius 3 is 2.62 bits per heavy atom. The van der Waals surface area contributed by atoms with Crippen molar-refractivity contribution in [2.24, 2.45) is 12.0 Å². The second kappa shape index (κ2) is 13.6. The third-order valence-electron chi connectivity index (χ3n) is 4.09. The number of guanidine groups is 1. The van der Waals surface area contributed by atoms with E-state index in [1.807, 2.05) is 37.2 Å². The molecule has 7 nitrogen and oxygen atoms in total. The highest BCUT2D eigenvalue weighted by molar-refractivity contribution is 14.0. The zero-order valence-electron chi connectivity index (χ0n) is 17.3. The van der Waals surface area contributed by atoms with Crippen LogP contribution in [-0.4, -0.2) is 51.9 Å². The van der Waals surface area contributed by atoms with Crippen molar-refractivity contribution in [2.45, 2.75) is 32.9 Å². The van der Waals surface area contributed by atoms with E-state index in [0.29, 0.717) is 24.8 Å². The van der Waals surface area contributed by atoms with Gasteiger partial charge in [-0.15, -0.1) is 34.2 Å². The smallest absolute Gasteiger partial charge is 0.191 e. The molecule has 2 rings (SSSR count). The molecule has 0 radical (unpaired) electrons. The molecule has 0 fully saturated rings. The Bertz CT molecular complexity index is 756. The maximum atomic E-state index is 13.0. The Kier molecular flexibility index (Phi) is 12.0. The number of nitrogens with zero attached hydrogens (tertiary/aromatic N) is 4. The second-order valence-corrected chi connectivity index (χ2v) is 7.41. The number of rotatable bonds is 10. The van der Waals surface area contributed by atoms with E-state index in [2.05, 4.69) is 32.1 Å².